The highest BCUT2D eigenvalue weighted by Gasteiger charge is 2.12. The van der Waals surface area contributed by atoms with Gasteiger partial charge >= 0.3 is 5.97 Å². The van der Waals surface area contributed by atoms with E-state index in [-0.39, 0.29) is 17.1 Å². The summed E-state index contributed by atoms with van der Waals surface area (Å²) in [7, 11) is 0. The van der Waals surface area contributed by atoms with Crippen LogP contribution in [0.2, 0.25) is 5.02 Å². The second kappa shape index (κ2) is 3.56. The van der Waals surface area contributed by atoms with E-state index < -0.39 is 5.97 Å². The Morgan fingerprint density at radius 3 is 2.67 bits per heavy atom. The van der Waals surface area contributed by atoms with Crippen LogP contribution in [0.25, 0.3) is 0 Å². The molecule has 0 bridgehead atoms. The fourth-order valence-corrected chi connectivity index (χ4v) is 1.25. The predicted molar refractivity (Wildman–Crippen MR) is 46.3 cm³/mol. The summed E-state index contributed by atoms with van der Waals surface area (Å²) in [6.45, 7) is 0.183. The van der Waals surface area contributed by atoms with Crippen LogP contribution in [0.4, 0.5) is 0 Å². The average molecular weight is 186 g/mol. The molecule has 1 aromatic rings. The second-order valence-corrected chi connectivity index (χ2v) is 2.69. The van der Waals surface area contributed by atoms with Crippen molar-refractivity contribution in [2.75, 3.05) is 0 Å². The zero-order valence-corrected chi connectivity index (χ0v) is 7.01. The lowest BCUT2D eigenvalue weighted by Gasteiger charge is -2.03. The van der Waals surface area contributed by atoms with Crippen LogP contribution in [0.1, 0.15) is 15.9 Å². The molecule has 0 aliphatic rings. The maximum absolute atomic E-state index is 10.7. The van der Waals surface area contributed by atoms with E-state index in [1.807, 2.05) is 0 Å². The van der Waals surface area contributed by atoms with Crippen LogP contribution < -0.4 is 5.73 Å². The third-order valence-corrected chi connectivity index (χ3v) is 1.85. The molecule has 1 aromatic carbocycles. The lowest BCUT2D eigenvalue weighted by molar-refractivity contribution is 0.0696. The molecule has 0 atom stereocenters. The van der Waals surface area contributed by atoms with Gasteiger partial charge in [-0.15, -0.1) is 0 Å². The van der Waals surface area contributed by atoms with Crippen molar-refractivity contribution in [1.29, 1.82) is 0 Å². The monoisotopic (exact) mass is 185 g/mol. The number of carboxylic acids is 1. The van der Waals surface area contributed by atoms with Crippen molar-refractivity contribution in [2.24, 2.45) is 5.73 Å². The molecule has 64 valence electrons. The maximum Gasteiger partial charge on any atom is 0.337 e. The lowest BCUT2D eigenvalue weighted by atomic mass is 10.1. The van der Waals surface area contributed by atoms with Crippen LogP contribution in [0, 0.1) is 0 Å². The molecule has 0 fully saturated rings. The number of nitrogens with two attached hydrogens (primary N) is 1. The van der Waals surface area contributed by atoms with E-state index in [1.165, 1.54) is 6.07 Å². The van der Waals surface area contributed by atoms with Gasteiger partial charge in [0.05, 0.1) is 10.6 Å². The number of hydrogen-bond donors (Lipinski definition) is 2. The SMILES string of the molecule is NCc1cccc(Cl)c1C(=O)O. The summed E-state index contributed by atoms with van der Waals surface area (Å²) in [5.41, 5.74) is 5.99. The molecule has 0 saturated heterocycles. The van der Waals surface area contributed by atoms with Crippen molar-refractivity contribution >= 4 is 17.6 Å². The van der Waals surface area contributed by atoms with Gasteiger partial charge in [0.2, 0.25) is 0 Å². The van der Waals surface area contributed by atoms with Crippen molar-refractivity contribution in [1.82, 2.24) is 0 Å². The van der Waals surface area contributed by atoms with E-state index in [4.69, 9.17) is 22.4 Å². The van der Waals surface area contributed by atoms with Gasteiger partial charge in [0.25, 0.3) is 0 Å². The Labute approximate surface area is 74.8 Å². The average Bonchev–Trinajstić information content (AvgIpc) is 2.03. The van der Waals surface area contributed by atoms with E-state index in [2.05, 4.69) is 0 Å². The number of carbonyl (C=O) groups is 1. The van der Waals surface area contributed by atoms with E-state index in [9.17, 15) is 4.79 Å². The standard InChI is InChI=1S/C8H8ClNO2/c9-6-3-1-2-5(4-10)7(6)8(11)12/h1-3H,4,10H2,(H,11,12). The molecule has 0 spiro atoms. The highest BCUT2D eigenvalue weighted by Crippen LogP contribution is 2.19. The normalized spacial score (nSPS) is 9.83. The Morgan fingerprint density at radius 2 is 2.25 bits per heavy atom. The quantitative estimate of drug-likeness (QED) is 0.734. The summed E-state index contributed by atoms with van der Waals surface area (Å²) < 4.78 is 0. The van der Waals surface area contributed by atoms with Crippen LogP contribution in [0.5, 0.6) is 0 Å². The Bertz CT molecular complexity index is 312. The Balaban J connectivity index is 3.29. The summed E-state index contributed by atoms with van der Waals surface area (Å²) in [5, 5.41) is 8.96. The molecule has 0 saturated carbocycles. The van der Waals surface area contributed by atoms with Gasteiger partial charge < -0.3 is 10.8 Å². The fourth-order valence-electron chi connectivity index (χ4n) is 0.978. The summed E-state index contributed by atoms with van der Waals surface area (Å²) in [6, 6.07) is 4.86. The topological polar surface area (TPSA) is 63.3 Å². The van der Waals surface area contributed by atoms with Crippen LogP contribution in [0.15, 0.2) is 18.2 Å². The van der Waals surface area contributed by atoms with Gasteiger partial charge in [-0.2, -0.15) is 0 Å². The minimum atomic E-state index is -1.04. The fraction of sp³-hybridized carbons (Fsp3) is 0.125. The summed E-state index contributed by atoms with van der Waals surface area (Å²) in [6.07, 6.45) is 0. The van der Waals surface area contributed by atoms with Crippen LogP contribution in [0.3, 0.4) is 0 Å². The minimum Gasteiger partial charge on any atom is -0.478 e. The van der Waals surface area contributed by atoms with Crippen molar-refractivity contribution in [3.8, 4) is 0 Å². The number of benzene rings is 1. The molecule has 0 radical (unpaired) electrons. The maximum atomic E-state index is 10.7. The van der Waals surface area contributed by atoms with Gasteiger partial charge in [0.15, 0.2) is 0 Å². The largest absolute Gasteiger partial charge is 0.478 e. The van der Waals surface area contributed by atoms with Crippen molar-refractivity contribution < 1.29 is 9.90 Å². The third kappa shape index (κ3) is 1.57. The first-order valence-corrected chi connectivity index (χ1v) is 3.75. The first kappa shape index (κ1) is 9.03. The van der Waals surface area contributed by atoms with Gasteiger partial charge in [-0.1, -0.05) is 23.7 Å². The number of carboxylic acid groups (broad SMARTS) is 1. The molecule has 12 heavy (non-hydrogen) atoms. The third-order valence-electron chi connectivity index (χ3n) is 1.53. The van der Waals surface area contributed by atoms with E-state index in [0.717, 1.165) is 0 Å². The second-order valence-electron chi connectivity index (χ2n) is 2.28. The number of halogens is 1. The zero-order chi connectivity index (χ0) is 9.14. The van der Waals surface area contributed by atoms with Crippen LogP contribution in [-0.4, -0.2) is 11.1 Å². The predicted octanol–water partition coefficient (Wildman–Crippen LogP) is 1.50. The molecule has 0 unspecified atom stereocenters. The van der Waals surface area contributed by atoms with Gasteiger partial charge in [0, 0.05) is 6.54 Å². The molecular weight excluding hydrogens is 178 g/mol. The molecule has 4 heteroatoms. The molecule has 0 aliphatic carbocycles. The van der Waals surface area contributed by atoms with Crippen molar-refractivity contribution in [3.63, 3.8) is 0 Å². The molecule has 0 amide bonds. The summed E-state index contributed by atoms with van der Waals surface area (Å²) >= 11 is 5.67. The summed E-state index contributed by atoms with van der Waals surface area (Å²) in [4.78, 5) is 10.7. The zero-order valence-electron chi connectivity index (χ0n) is 6.25. The van der Waals surface area contributed by atoms with E-state index in [0.29, 0.717) is 5.56 Å². The first-order valence-electron chi connectivity index (χ1n) is 3.37. The van der Waals surface area contributed by atoms with Gasteiger partial charge in [-0.3, -0.25) is 0 Å². The van der Waals surface area contributed by atoms with E-state index >= 15 is 0 Å². The molecule has 0 aliphatic heterocycles. The Hall–Kier alpha value is -1.06. The number of rotatable bonds is 2. The van der Waals surface area contributed by atoms with Crippen LogP contribution in [-0.2, 0) is 6.54 Å². The first-order chi connectivity index (χ1) is 5.66. The molecule has 0 heterocycles. The molecule has 1 rings (SSSR count). The smallest absolute Gasteiger partial charge is 0.337 e. The number of aromatic carboxylic acids is 1. The lowest BCUT2D eigenvalue weighted by Crippen LogP contribution is -2.07. The van der Waals surface area contributed by atoms with Crippen LogP contribution >= 0.6 is 11.6 Å². The Morgan fingerprint density at radius 1 is 1.58 bits per heavy atom. The van der Waals surface area contributed by atoms with Gasteiger partial charge in [0.1, 0.15) is 0 Å². The van der Waals surface area contributed by atoms with Crippen molar-refractivity contribution in [3.05, 3.63) is 34.3 Å². The number of hydrogen-bond acceptors (Lipinski definition) is 2. The Kier molecular flexibility index (Phi) is 2.68. The highest BCUT2D eigenvalue weighted by molar-refractivity contribution is 6.33. The molecule has 3 nitrogen and oxygen atoms in total. The van der Waals surface area contributed by atoms with Gasteiger partial charge in [-0.25, -0.2) is 4.79 Å². The molecule has 3 N–H and O–H groups in total. The van der Waals surface area contributed by atoms with Crippen molar-refractivity contribution in [2.45, 2.75) is 6.54 Å². The molecular formula is C8H8ClNO2. The molecule has 0 aromatic heterocycles. The minimum absolute atomic E-state index is 0.0988. The highest BCUT2D eigenvalue weighted by atomic mass is 35.5. The van der Waals surface area contributed by atoms with Gasteiger partial charge in [-0.05, 0) is 11.6 Å². The summed E-state index contributed by atoms with van der Waals surface area (Å²) in [5.74, 6) is -1.04. The van der Waals surface area contributed by atoms with E-state index in [1.54, 1.807) is 12.1 Å².